The minimum atomic E-state index is -0.287. The molecule has 1 amide bonds. The molecule has 2 heterocycles. The van der Waals surface area contributed by atoms with Gasteiger partial charge < -0.3 is 9.42 Å². The summed E-state index contributed by atoms with van der Waals surface area (Å²) in [5.74, 6) is 0.616. The predicted octanol–water partition coefficient (Wildman–Crippen LogP) is 4.67. The monoisotopic (exact) mass is 397 g/mol. The van der Waals surface area contributed by atoms with Gasteiger partial charge in [-0.2, -0.15) is 4.98 Å². The first-order valence-electron chi connectivity index (χ1n) is 9.08. The molecule has 0 radical (unpaired) electrons. The Labute approximate surface area is 166 Å². The molecule has 1 saturated heterocycles. The van der Waals surface area contributed by atoms with Crippen LogP contribution in [0.3, 0.4) is 0 Å². The first-order valence-corrected chi connectivity index (χ1v) is 10.3. The van der Waals surface area contributed by atoms with Crippen LogP contribution in [0.15, 0.2) is 57.9 Å². The molecule has 1 aromatic heterocycles. The molecule has 7 heteroatoms. The Morgan fingerprint density at radius 1 is 1.18 bits per heavy atom. The number of hydrogen-bond acceptors (Lipinski definition) is 5. The third kappa shape index (κ3) is 3.67. The zero-order chi connectivity index (χ0) is 19.7. The van der Waals surface area contributed by atoms with Crippen molar-refractivity contribution in [1.29, 1.82) is 0 Å². The fourth-order valence-electron chi connectivity index (χ4n) is 3.45. The Balaban J connectivity index is 1.49. The number of amides is 1. The molecule has 1 aliphatic heterocycles. The number of carbonyl (C=O) groups is 1. The zero-order valence-corrected chi connectivity index (χ0v) is 16.4. The molecule has 4 rings (SSSR count). The minimum Gasteiger partial charge on any atom is -0.339 e. The van der Waals surface area contributed by atoms with Crippen molar-refractivity contribution < 1.29 is 13.7 Å². The average Bonchev–Trinajstić information content (AvgIpc) is 3.35. The number of hydrogen-bond donors (Lipinski definition) is 0. The highest BCUT2D eigenvalue weighted by molar-refractivity contribution is 7.98. The number of thioether (sulfide) groups is 1. The molecule has 0 bridgehead atoms. The summed E-state index contributed by atoms with van der Waals surface area (Å²) in [4.78, 5) is 20.0. The van der Waals surface area contributed by atoms with Crippen molar-refractivity contribution in [3.63, 3.8) is 0 Å². The van der Waals surface area contributed by atoms with Gasteiger partial charge in [0.2, 0.25) is 17.6 Å². The molecule has 5 nitrogen and oxygen atoms in total. The van der Waals surface area contributed by atoms with Crippen LogP contribution in [0.1, 0.15) is 36.8 Å². The van der Waals surface area contributed by atoms with Crippen LogP contribution in [0.5, 0.6) is 0 Å². The van der Waals surface area contributed by atoms with Gasteiger partial charge in [-0.1, -0.05) is 17.3 Å². The van der Waals surface area contributed by atoms with Gasteiger partial charge in [-0.05, 0) is 55.1 Å². The van der Waals surface area contributed by atoms with E-state index in [0.717, 1.165) is 11.1 Å². The highest BCUT2D eigenvalue weighted by Crippen LogP contribution is 2.34. The maximum atomic E-state index is 13.2. The minimum absolute atomic E-state index is 0.0332. The molecule has 2 aromatic carbocycles. The Kier molecular flexibility index (Phi) is 5.17. The smallest absolute Gasteiger partial charge is 0.232 e. The molecule has 1 fully saturated rings. The predicted molar refractivity (Wildman–Crippen MR) is 105 cm³/mol. The lowest BCUT2D eigenvalue weighted by Crippen LogP contribution is -2.28. The molecule has 144 valence electrons. The number of likely N-dealkylation sites (tertiary alicyclic amines) is 1. The summed E-state index contributed by atoms with van der Waals surface area (Å²) in [7, 11) is 0. The van der Waals surface area contributed by atoms with Crippen LogP contribution in [0.25, 0.3) is 11.4 Å². The van der Waals surface area contributed by atoms with Crippen molar-refractivity contribution in [2.45, 2.75) is 30.2 Å². The molecule has 0 aliphatic carbocycles. The number of carbonyl (C=O) groups excluding carboxylic acids is 1. The van der Waals surface area contributed by atoms with Crippen molar-refractivity contribution in [2.24, 2.45) is 0 Å². The maximum absolute atomic E-state index is 13.2. The fourth-order valence-corrected chi connectivity index (χ4v) is 3.86. The number of nitrogens with zero attached hydrogens (tertiary/aromatic N) is 3. The van der Waals surface area contributed by atoms with Gasteiger partial charge in [0.25, 0.3) is 0 Å². The molecule has 28 heavy (non-hydrogen) atoms. The van der Waals surface area contributed by atoms with E-state index in [1.807, 2.05) is 37.4 Å². The molecule has 0 spiro atoms. The molecular weight excluding hydrogens is 377 g/mol. The molecule has 0 saturated carbocycles. The third-order valence-electron chi connectivity index (χ3n) is 5.12. The van der Waals surface area contributed by atoms with Crippen molar-refractivity contribution >= 4 is 17.7 Å². The van der Waals surface area contributed by atoms with Crippen molar-refractivity contribution in [3.8, 4) is 11.4 Å². The van der Waals surface area contributed by atoms with Crippen LogP contribution in [-0.2, 0) is 4.79 Å². The summed E-state index contributed by atoms with van der Waals surface area (Å²) >= 11 is 1.67. The SMILES string of the molecule is CSc1ccc(-c2noc(C3CC(=O)N(C(C)c4ccc(F)cc4)C3)n2)cc1. The lowest BCUT2D eigenvalue weighted by molar-refractivity contribution is -0.129. The summed E-state index contributed by atoms with van der Waals surface area (Å²) in [6.07, 6.45) is 2.36. The zero-order valence-electron chi connectivity index (χ0n) is 15.6. The van der Waals surface area contributed by atoms with E-state index in [9.17, 15) is 9.18 Å². The van der Waals surface area contributed by atoms with Crippen LogP contribution in [0.4, 0.5) is 4.39 Å². The normalized spacial score (nSPS) is 17.9. The van der Waals surface area contributed by atoms with E-state index in [0.29, 0.717) is 24.7 Å². The summed E-state index contributed by atoms with van der Waals surface area (Å²) in [6.45, 7) is 2.45. The Morgan fingerprint density at radius 3 is 2.57 bits per heavy atom. The van der Waals surface area contributed by atoms with Crippen molar-refractivity contribution in [3.05, 3.63) is 65.8 Å². The van der Waals surface area contributed by atoms with Gasteiger partial charge in [-0.3, -0.25) is 4.79 Å². The molecule has 0 N–H and O–H groups in total. The second-order valence-corrected chi connectivity index (χ2v) is 7.74. The summed E-state index contributed by atoms with van der Waals surface area (Å²) in [5.41, 5.74) is 1.78. The van der Waals surface area contributed by atoms with E-state index in [-0.39, 0.29) is 23.7 Å². The van der Waals surface area contributed by atoms with Gasteiger partial charge in [-0.25, -0.2) is 4.39 Å². The highest BCUT2D eigenvalue weighted by Gasteiger charge is 2.37. The number of halogens is 1. The first-order chi connectivity index (χ1) is 13.5. The van der Waals surface area contributed by atoms with Crippen LogP contribution in [0, 0.1) is 5.82 Å². The first kappa shape index (κ1) is 18.7. The van der Waals surface area contributed by atoms with Crippen molar-refractivity contribution in [1.82, 2.24) is 15.0 Å². The van der Waals surface area contributed by atoms with Gasteiger partial charge >= 0.3 is 0 Å². The molecule has 1 aliphatic rings. The molecule has 3 aromatic rings. The van der Waals surface area contributed by atoms with Gasteiger partial charge in [0.05, 0.1) is 12.0 Å². The Hall–Kier alpha value is -2.67. The average molecular weight is 397 g/mol. The van der Waals surface area contributed by atoms with Gasteiger partial charge in [0.1, 0.15) is 5.82 Å². The number of benzene rings is 2. The largest absolute Gasteiger partial charge is 0.339 e. The molecule has 2 atom stereocenters. The highest BCUT2D eigenvalue weighted by atomic mass is 32.2. The number of aromatic nitrogens is 2. The summed E-state index contributed by atoms with van der Waals surface area (Å²) in [5, 5.41) is 4.08. The van der Waals surface area contributed by atoms with E-state index in [1.54, 1.807) is 28.8 Å². The van der Waals surface area contributed by atoms with Crippen LogP contribution >= 0.6 is 11.8 Å². The van der Waals surface area contributed by atoms with Gasteiger partial charge in [0, 0.05) is 23.4 Å². The van der Waals surface area contributed by atoms with Crippen LogP contribution in [0.2, 0.25) is 0 Å². The fraction of sp³-hybridized carbons (Fsp3) is 0.286. The summed E-state index contributed by atoms with van der Waals surface area (Å²) < 4.78 is 18.6. The second kappa shape index (κ2) is 7.75. The quantitative estimate of drug-likeness (QED) is 0.585. The van der Waals surface area contributed by atoms with E-state index in [2.05, 4.69) is 10.1 Å². The topological polar surface area (TPSA) is 59.2 Å². The second-order valence-electron chi connectivity index (χ2n) is 6.86. The van der Waals surface area contributed by atoms with Crippen LogP contribution < -0.4 is 0 Å². The standard InChI is InChI=1S/C21H20FN3O2S/c1-13(14-3-7-17(22)8-4-14)25-12-16(11-19(25)26)21-23-20(24-27-21)15-5-9-18(28-2)10-6-15/h3-10,13,16H,11-12H2,1-2H3. The van der Waals surface area contributed by atoms with Crippen LogP contribution in [-0.4, -0.2) is 33.7 Å². The number of rotatable bonds is 5. The maximum Gasteiger partial charge on any atom is 0.232 e. The third-order valence-corrected chi connectivity index (χ3v) is 5.86. The molecular formula is C21H20FN3O2S. The molecule has 2 unspecified atom stereocenters. The lowest BCUT2D eigenvalue weighted by atomic mass is 10.1. The lowest BCUT2D eigenvalue weighted by Gasteiger charge is -2.25. The van der Waals surface area contributed by atoms with E-state index in [1.165, 1.54) is 17.0 Å². The Bertz CT molecular complexity index is 972. The van der Waals surface area contributed by atoms with Gasteiger partial charge in [0.15, 0.2) is 0 Å². The van der Waals surface area contributed by atoms with Gasteiger partial charge in [-0.15, -0.1) is 11.8 Å². The van der Waals surface area contributed by atoms with E-state index < -0.39 is 0 Å². The summed E-state index contributed by atoms with van der Waals surface area (Å²) in [6, 6.07) is 14.1. The van der Waals surface area contributed by atoms with E-state index >= 15 is 0 Å². The van der Waals surface area contributed by atoms with Crippen molar-refractivity contribution in [2.75, 3.05) is 12.8 Å². The van der Waals surface area contributed by atoms with E-state index in [4.69, 9.17) is 4.52 Å². The Morgan fingerprint density at radius 2 is 1.89 bits per heavy atom.